The normalized spacial score (nSPS) is 11.8. The summed E-state index contributed by atoms with van der Waals surface area (Å²) in [4.78, 5) is 11.8. The zero-order chi connectivity index (χ0) is 12.4. The van der Waals surface area contributed by atoms with E-state index in [1.807, 2.05) is 13.8 Å². The van der Waals surface area contributed by atoms with Crippen LogP contribution in [-0.2, 0) is 4.79 Å². The van der Waals surface area contributed by atoms with Gasteiger partial charge in [-0.1, -0.05) is 59.3 Å². The molecule has 0 fully saturated rings. The van der Waals surface area contributed by atoms with Crippen LogP contribution in [0.3, 0.4) is 0 Å². The van der Waals surface area contributed by atoms with Crippen LogP contribution in [0.15, 0.2) is 0 Å². The SMILES string of the molecule is CCCCCCCCCC(=O)C(C)(C)CN. The number of hydrogen-bond acceptors (Lipinski definition) is 2. The number of rotatable bonds is 10. The third-order valence-corrected chi connectivity index (χ3v) is 3.27. The lowest BCUT2D eigenvalue weighted by atomic mass is 9.85. The van der Waals surface area contributed by atoms with E-state index in [0.717, 1.165) is 6.42 Å². The number of hydrogen-bond donors (Lipinski definition) is 1. The molecule has 0 aromatic carbocycles. The lowest BCUT2D eigenvalue weighted by Gasteiger charge is -2.20. The van der Waals surface area contributed by atoms with Crippen LogP contribution >= 0.6 is 0 Å². The first-order chi connectivity index (χ1) is 7.54. The average Bonchev–Trinajstić information content (AvgIpc) is 2.27. The Morgan fingerprint density at radius 1 is 1.00 bits per heavy atom. The molecule has 16 heavy (non-hydrogen) atoms. The maximum absolute atomic E-state index is 11.8. The van der Waals surface area contributed by atoms with E-state index in [2.05, 4.69) is 6.92 Å². The molecule has 0 rings (SSSR count). The van der Waals surface area contributed by atoms with Gasteiger partial charge in [-0.2, -0.15) is 0 Å². The van der Waals surface area contributed by atoms with E-state index in [0.29, 0.717) is 18.7 Å². The molecule has 96 valence electrons. The van der Waals surface area contributed by atoms with E-state index in [1.165, 1.54) is 38.5 Å². The molecule has 0 amide bonds. The minimum atomic E-state index is -0.317. The summed E-state index contributed by atoms with van der Waals surface area (Å²) >= 11 is 0. The van der Waals surface area contributed by atoms with Crippen molar-refractivity contribution < 1.29 is 4.79 Å². The second kappa shape index (κ2) is 8.74. The number of ketones is 1. The number of Topliss-reactive ketones (excluding diaryl/α,β-unsaturated/α-hetero) is 1. The summed E-state index contributed by atoms with van der Waals surface area (Å²) in [5.74, 6) is 0.323. The van der Waals surface area contributed by atoms with E-state index in [4.69, 9.17) is 5.73 Å². The molecular weight excluding hydrogens is 198 g/mol. The van der Waals surface area contributed by atoms with Crippen LogP contribution in [-0.4, -0.2) is 12.3 Å². The van der Waals surface area contributed by atoms with Crippen LogP contribution in [0.4, 0.5) is 0 Å². The fourth-order valence-electron chi connectivity index (χ4n) is 1.69. The van der Waals surface area contributed by atoms with Gasteiger partial charge in [0.2, 0.25) is 0 Å². The molecule has 0 saturated carbocycles. The van der Waals surface area contributed by atoms with Gasteiger partial charge in [0.25, 0.3) is 0 Å². The average molecular weight is 227 g/mol. The zero-order valence-corrected chi connectivity index (χ0v) is 11.3. The van der Waals surface area contributed by atoms with Crippen molar-refractivity contribution in [3.8, 4) is 0 Å². The third-order valence-electron chi connectivity index (χ3n) is 3.27. The van der Waals surface area contributed by atoms with Gasteiger partial charge in [-0.15, -0.1) is 0 Å². The number of carbonyl (C=O) groups excluding carboxylic acids is 1. The van der Waals surface area contributed by atoms with Gasteiger partial charge in [0, 0.05) is 18.4 Å². The van der Waals surface area contributed by atoms with Crippen molar-refractivity contribution in [2.24, 2.45) is 11.1 Å². The second-order valence-corrected chi connectivity index (χ2v) is 5.38. The summed E-state index contributed by atoms with van der Waals surface area (Å²) in [6, 6.07) is 0. The maximum Gasteiger partial charge on any atom is 0.139 e. The molecule has 0 aliphatic heterocycles. The minimum Gasteiger partial charge on any atom is -0.329 e. The van der Waals surface area contributed by atoms with E-state index < -0.39 is 0 Å². The molecule has 0 radical (unpaired) electrons. The molecule has 2 heteroatoms. The molecule has 0 aromatic heterocycles. The number of unbranched alkanes of at least 4 members (excludes halogenated alkanes) is 6. The highest BCUT2D eigenvalue weighted by Crippen LogP contribution is 2.18. The molecule has 0 aliphatic carbocycles. The predicted octanol–water partition coefficient (Wildman–Crippen LogP) is 3.68. The van der Waals surface area contributed by atoms with Crippen molar-refractivity contribution in [3.05, 3.63) is 0 Å². The third kappa shape index (κ3) is 7.00. The molecule has 0 aromatic rings. The van der Waals surface area contributed by atoms with Gasteiger partial charge >= 0.3 is 0 Å². The van der Waals surface area contributed by atoms with Crippen LogP contribution in [0, 0.1) is 5.41 Å². The molecule has 2 nitrogen and oxygen atoms in total. The van der Waals surface area contributed by atoms with E-state index in [9.17, 15) is 4.79 Å². The molecule has 0 atom stereocenters. The Balaban J connectivity index is 3.42. The first-order valence-electron chi connectivity index (χ1n) is 6.78. The lowest BCUT2D eigenvalue weighted by Crippen LogP contribution is -2.32. The van der Waals surface area contributed by atoms with E-state index in [-0.39, 0.29) is 5.41 Å². The molecule has 0 unspecified atom stereocenters. The Bertz CT molecular complexity index is 187. The summed E-state index contributed by atoms with van der Waals surface area (Å²) in [6.07, 6.45) is 9.52. The van der Waals surface area contributed by atoms with Gasteiger partial charge in [-0.25, -0.2) is 0 Å². The van der Waals surface area contributed by atoms with Crippen LogP contribution in [0.5, 0.6) is 0 Å². The van der Waals surface area contributed by atoms with Crippen molar-refractivity contribution in [1.29, 1.82) is 0 Å². The van der Waals surface area contributed by atoms with Crippen molar-refractivity contribution >= 4 is 5.78 Å². The first-order valence-corrected chi connectivity index (χ1v) is 6.78. The second-order valence-electron chi connectivity index (χ2n) is 5.38. The standard InChI is InChI=1S/C14H29NO/c1-4-5-6-7-8-9-10-11-13(16)14(2,3)12-15/h4-12,15H2,1-3H3. The fraction of sp³-hybridized carbons (Fsp3) is 0.929. The van der Waals surface area contributed by atoms with E-state index in [1.54, 1.807) is 0 Å². The fourth-order valence-corrected chi connectivity index (χ4v) is 1.69. The molecule has 0 spiro atoms. The van der Waals surface area contributed by atoms with Crippen molar-refractivity contribution in [1.82, 2.24) is 0 Å². The van der Waals surface area contributed by atoms with Gasteiger partial charge in [0.05, 0.1) is 0 Å². The lowest BCUT2D eigenvalue weighted by molar-refractivity contribution is -0.126. The highest BCUT2D eigenvalue weighted by molar-refractivity contribution is 5.84. The highest BCUT2D eigenvalue weighted by atomic mass is 16.1. The zero-order valence-electron chi connectivity index (χ0n) is 11.3. The van der Waals surface area contributed by atoms with Gasteiger partial charge in [0.15, 0.2) is 0 Å². The summed E-state index contributed by atoms with van der Waals surface area (Å²) in [7, 11) is 0. The Labute approximate surface area is 101 Å². The van der Waals surface area contributed by atoms with Gasteiger partial charge in [-0.05, 0) is 6.42 Å². The summed E-state index contributed by atoms with van der Waals surface area (Å²) < 4.78 is 0. The highest BCUT2D eigenvalue weighted by Gasteiger charge is 2.24. The van der Waals surface area contributed by atoms with Crippen molar-refractivity contribution in [3.63, 3.8) is 0 Å². The topological polar surface area (TPSA) is 43.1 Å². The predicted molar refractivity (Wildman–Crippen MR) is 70.5 cm³/mol. The smallest absolute Gasteiger partial charge is 0.139 e. The molecule has 0 heterocycles. The van der Waals surface area contributed by atoms with Crippen molar-refractivity contribution in [2.45, 2.75) is 72.1 Å². The monoisotopic (exact) mass is 227 g/mol. The van der Waals surface area contributed by atoms with Crippen LogP contribution in [0.2, 0.25) is 0 Å². The molecular formula is C14H29NO. The maximum atomic E-state index is 11.8. The number of nitrogens with two attached hydrogens (primary N) is 1. The van der Waals surface area contributed by atoms with Gasteiger partial charge in [0.1, 0.15) is 5.78 Å². The first kappa shape index (κ1) is 15.6. The molecule has 0 bridgehead atoms. The summed E-state index contributed by atoms with van der Waals surface area (Å²) in [6.45, 7) is 6.57. The summed E-state index contributed by atoms with van der Waals surface area (Å²) in [5.41, 5.74) is 5.25. The van der Waals surface area contributed by atoms with E-state index >= 15 is 0 Å². The van der Waals surface area contributed by atoms with Crippen LogP contribution in [0.1, 0.15) is 72.1 Å². The number of carbonyl (C=O) groups is 1. The largest absolute Gasteiger partial charge is 0.329 e. The van der Waals surface area contributed by atoms with Crippen molar-refractivity contribution in [2.75, 3.05) is 6.54 Å². The van der Waals surface area contributed by atoms with Gasteiger partial charge in [-0.3, -0.25) is 4.79 Å². The van der Waals surface area contributed by atoms with Crippen LogP contribution in [0.25, 0.3) is 0 Å². The Morgan fingerprint density at radius 2 is 1.50 bits per heavy atom. The Morgan fingerprint density at radius 3 is 2.00 bits per heavy atom. The molecule has 0 aliphatic rings. The molecule has 2 N–H and O–H groups in total. The quantitative estimate of drug-likeness (QED) is 0.578. The Kier molecular flexibility index (Phi) is 8.54. The van der Waals surface area contributed by atoms with Gasteiger partial charge < -0.3 is 5.73 Å². The van der Waals surface area contributed by atoms with Crippen LogP contribution < -0.4 is 5.73 Å². The summed E-state index contributed by atoms with van der Waals surface area (Å²) in [5, 5.41) is 0. The Hall–Kier alpha value is -0.370. The minimum absolute atomic E-state index is 0.317. The molecule has 0 saturated heterocycles.